The molecule has 0 aliphatic heterocycles. The first-order chi connectivity index (χ1) is 5.19. The molecule has 0 spiro atoms. The van der Waals surface area contributed by atoms with Crippen LogP contribution in [0.15, 0.2) is 10.9 Å². The highest BCUT2D eigenvalue weighted by Crippen LogP contribution is 2.24. The van der Waals surface area contributed by atoms with E-state index in [9.17, 15) is 0 Å². The van der Waals surface area contributed by atoms with Crippen molar-refractivity contribution < 1.29 is 0 Å². The molecule has 0 saturated heterocycles. The minimum Gasteiger partial charge on any atom is -0.327 e. The molecule has 3 heteroatoms. The first-order valence-corrected chi connectivity index (χ1v) is 11.6. The van der Waals surface area contributed by atoms with Gasteiger partial charge in [-0.25, -0.2) is 0 Å². The molecule has 0 unspecified atom stereocenters. The van der Waals surface area contributed by atoms with Crippen molar-refractivity contribution in [3.05, 3.63) is 10.9 Å². The Hall–Kier alpha value is 0.134. The monoisotopic (exact) mass is 201 g/mol. The molecule has 0 aliphatic rings. The second-order valence-electron chi connectivity index (χ2n) is 5.35. The molecule has 0 radical (unpaired) electrons. The van der Waals surface area contributed by atoms with Gasteiger partial charge in [-0.1, -0.05) is 50.2 Å². The molecule has 0 fully saturated rings. The van der Waals surface area contributed by atoms with Gasteiger partial charge in [-0.15, -0.1) is 0 Å². The zero-order valence-corrected chi connectivity index (χ0v) is 11.4. The summed E-state index contributed by atoms with van der Waals surface area (Å²) in [6.07, 6.45) is 2.28. The van der Waals surface area contributed by atoms with Crippen LogP contribution >= 0.6 is 0 Å². The summed E-state index contributed by atoms with van der Waals surface area (Å²) in [6, 6.07) is 0. The van der Waals surface area contributed by atoms with Crippen LogP contribution in [0.5, 0.6) is 0 Å². The standard InChI is InChI=1S/C9H23NSi2/c1-11(2,3)9(7-8-10)12(4,5)6/h7H,8,10H2,1-6H3. The third kappa shape index (κ3) is 3.69. The van der Waals surface area contributed by atoms with Gasteiger partial charge in [-0.2, -0.15) is 0 Å². The summed E-state index contributed by atoms with van der Waals surface area (Å²) in [4.78, 5) is 1.72. The van der Waals surface area contributed by atoms with Crippen LogP contribution in [0.2, 0.25) is 39.3 Å². The van der Waals surface area contributed by atoms with Crippen LogP contribution < -0.4 is 5.73 Å². The Kier molecular flexibility index (Phi) is 3.94. The maximum atomic E-state index is 5.59. The molecule has 72 valence electrons. The topological polar surface area (TPSA) is 26.0 Å². The first-order valence-electron chi connectivity index (χ1n) is 4.61. The Labute approximate surface area is 79.1 Å². The SMILES string of the molecule is C[Si](C)(C)C(=CCN)[Si](C)(C)C. The normalized spacial score (nSPS) is 12.9. The molecule has 12 heavy (non-hydrogen) atoms. The summed E-state index contributed by atoms with van der Waals surface area (Å²) < 4.78 is 0. The minimum absolute atomic E-state index is 0.712. The van der Waals surface area contributed by atoms with Crippen molar-refractivity contribution in [3.63, 3.8) is 0 Å². The van der Waals surface area contributed by atoms with Gasteiger partial charge in [-0.3, -0.25) is 0 Å². The van der Waals surface area contributed by atoms with E-state index in [0.29, 0.717) is 6.54 Å². The van der Waals surface area contributed by atoms with E-state index in [1.807, 2.05) is 0 Å². The van der Waals surface area contributed by atoms with Crippen LogP contribution in [0, 0.1) is 0 Å². The van der Waals surface area contributed by atoms with Crippen LogP contribution in [-0.4, -0.2) is 22.7 Å². The lowest BCUT2D eigenvalue weighted by atomic mass is 10.7. The van der Waals surface area contributed by atoms with E-state index in [-0.39, 0.29) is 0 Å². The van der Waals surface area contributed by atoms with Crippen LogP contribution in [0.3, 0.4) is 0 Å². The Morgan fingerprint density at radius 2 is 1.33 bits per heavy atom. The molecule has 0 aromatic carbocycles. The lowest BCUT2D eigenvalue weighted by Crippen LogP contribution is -2.40. The van der Waals surface area contributed by atoms with Gasteiger partial charge in [0.15, 0.2) is 0 Å². The van der Waals surface area contributed by atoms with Gasteiger partial charge in [0.2, 0.25) is 0 Å². The highest BCUT2D eigenvalue weighted by atomic mass is 28.4. The molecule has 0 saturated carbocycles. The fourth-order valence-electron chi connectivity index (χ4n) is 1.86. The molecule has 0 amide bonds. The fraction of sp³-hybridized carbons (Fsp3) is 0.778. The van der Waals surface area contributed by atoms with Gasteiger partial charge in [0, 0.05) is 6.54 Å². The predicted molar refractivity (Wildman–Crippen MR) is 63.8 cm³/mol. The predicted octanol–water partition coefficient (Wildman–Crippen LogP) is 2.63. The molecule has 0 aliphatic carbocycles. The lowest BCUT2D eigenvalue weighted by molar-refractivity contribution is 1.25. The van der Waals surface area contributed by atoms with Crippen LogP contribution in [0.1, 0.15) is 0 Å². The number of nitrogens with two attached hydrogens (primary N) is 1. The third-order valence-electron chi connectivity index (χ3n) is 1.94. The van der Waals surface area contributed by atoms with E-state index in [1.165, 1.54) is 0 Å². The fourth-order valence-corrected chi connectivity index (χ4v) is 12.3. The van der Waals surface area contributed by atoms with E-state index in [0.717, 1.165) is 0 Å². The van der Waals surface area contributed by atoms with Gasteiger partial charge in [0.1, 0.15) is 0 Å². The molecule has 0 aromatic heterocycles. The molecular weight excluding hydrogens is 178 g/mol. The van der Waals surface area contributed by atoms with Crippen molar-refractivity contribution in [1.29, 1.82) is 0 Å². The average molecular weight is 201 g/mol. The van der Waals surface area contributed by atoms with Crippen molar-refractivity contribution in [2.24, 2.45) is 5.73 Å². The first kappa shape index (κ1) is 12.1. The average Bonchev–Trinajstić information content (AvgIpc) is 1.77. The van der Waals surface area contributed by atoms with E-state index >= 15 is 0 Å². The second kappa shape index (κ2) is 3.89. The summed E-state index contributed by atoms with van der Waals surface area (Å²) >= 11 is 0. The molecule has 1 nitrogen and oxygen atoms in total. The zero-order valence-electron chi connectivity index (χ0n) is 9.36. The summed E-state index contributed by atoms with van der Waals surface area (Å²) in [5.41, 5.74) is 5.59. The molecule has 0 heterocycles. The summed E-state index contributed by atoms with van der Waals surface area (Å²) in [6.45, 7) is 15.2. The van der Waals surface area contributed by atoms with Gasteiger partial charge in [0.25, 0.3) is 0 Å². The highest BCUT2D eigenvalue weighted by molar-refractivity contribution is 7.04. The Morgan fingerprint density at radius 1 is 1.00 bits per heavy atom. The van der Waals surface area contributed by atoms with Gasteiger partial charge >= 0.3 is 0 Å². The second-order valence-corrected chi connectivity index (χ2v) is 15.9. The van der Waals surface area contributed by atoms with Crippen molar-refractivity contribution >= 4 is 16.1 Å². The third-order valence-corrected chi connectivity index (χ3v) is 10.1. The lowest BCUT2D eigenvalue weighted by Gasteiger charge is -2.31. The molecule has 2 N–H and O–H groups in total. The van der Waals surface area contributed by atoms with E-state index in [1.54, 1.807) is 4.82 Å². The minimum atomic E-state index is -1.10. The van der Waals surface area contributed by atoms with Crippen LogP contribution in [0.25, 0.3) is 0 Å². The van der Waals surface area contributed by atoms with Gasteiger partial charge in [0.05, 0.1) is 16.1 Å². The maximum Gasteiger partial charge on any atom is 0.0678 e. The van der Waals surface area contributed by atoms with Gasteiger partial charge in [-0.05, 0) is 0 Å². The number of rotatable bonds is 3. The van der Waals surface area contributed by atoms with Gasteiger partial charge < -0.3 is 5.73 Å². The molecular formula is C9H23NSi2. The Morgan fingerprint density at radius 3 is 1.42 bits per heavy atom. The highest BCUT2D eigenvalue weighted by Gasteiger charge is 2.29. The number of hydrogen-bond acceptors (Lipinski definition) is 1. The van der Waals surface area contributed by atoms with E-state index < -0.39 is 16.1 Å². The zero-order chi connectivity index (χ0) is 9.99. The molecule has 0 bridgehead atoms. The Bertz CT molecular complexity index is 156. The smallest absolute Gasteiger partial charge is 0.0678 e. The van der Waals surface area contributed by atoms with Crippen LogP contribution in [-0.2, 0) is 0 Å². The molecule has 0 atom stereocenters. The summed E-state index contributed by atoms with van der Waals surface area (Å²) in [5, 5.41) is 0. The van der Waals surface area contributed by atoms with Crippen molar-refractivity contribution in [1.82, 2.24) is 0 Å². The van der Waals surface area contributed by atoms with E-state index in [4.69, 9.17) is 5.73 Å². The largest absolute Gasteiger partial charge is 0.327 e. The van der Waals surface area contributed by atoms with Crippen LogP contribution in [0.4, 0.5) is 0 Å². The quantitative estimate of drug-likeness (QED) is 0.698. The van der Waals surface area contributed by atoms with Crippen molar-refractivity contribution in [2.45, 2.75) is 39.3 Å². The Balaban J connectivity index is 4.83. The summed E-state index contributed by atoms with van der Waals surface area (Å²) in [7, 11) is -2.20. The van der Waals surface area contributed by atoms with Crippen molar-refractivity contribution in [3.8, 4) is 0 Å². The molecule has 0 rings (SSSR count). The summed E-state index contributed by atoms with van der Waals surface area (Å²) in [5.74, 6) is 0. The van der Waals surface area contributed by atoms with Crippen molar-refractivity contribution in [2.75, 3.05) is 6.54 Å². The molecule has 0 aromatic rings. The number of hydrogen-bond donors (Lipinski definition) is 1. The maximum absolute atomic E-state index is 5.59. The van der Waals surface area contributed by atoms with E-state index in [2.05, 4.69) is 45.4 Å².